The lowest BCUT2D eigenvalue weighted by atomic mass is 10.1. The number of nitrogens with two attached hydrogens (primary N) is 1. The summed E-state index contributed by atoms with van der Waals surface area (Å²) in [5, 5.41) is 3.35. The van der Waals surface area contributed by atoms with Crippen LogP contribution in [0.4, 0.5) is 0 Å². The highest BCUT2D eigenvalue weighted by molar-refractivity contribution is 5.94. The van der Waals surface area contributed by atoms with E-state index in [1.165, 1.54) is 0 Å². The molecule has 1 unspecified atom stereocenters. The maximum absolute atomic E-state index is 11.2. The van der Waals surface area contributed by atoms with Gasteiger partial charge in [0.15, 0.2) is 0 Å². The summed E-state index contributed by atoms with van der Waals surface area (Å²) < 4.78 is 5.31. The number of benzene rings is 1. The first-order chi connectivity index (χ1) is 8.27. The highest BCUT2D eigenvalue weighted by atomic mass is 16.5. The number of rotatable bonds is 5. The molecule has 1 heterocycles. The van der Waals surface area contributed by atoms with E-state index in [0.29, 0.717) is 18.0 Å². The van der Waals surface area contributed by atoms with Crippen molar-refractivity contribution in [1.82, 2.24) is 5.32 Å². The summed E-state index contributed by atoms with van der Waals surface area (Å²) in [6.45, 7) is 3.30. The Kier molecular flexibility index (Phi) is 4.12. The molecular formula is C13H18N2O2. The van der Waals surface area contributed by atoms with Crippen LogP contribution in [-0.2, 0) is 11.3 Å². The van der Waals surface area contributed by atoms with E-state index in [0.717, 1.165) is 31.7 Å². The van der Waals surface area contributed by atoms with Crippen LogP contribution >= 0.6 is 0 Å². The minimum atomic E-state index is -0.369. The Bertz CT molecular complexity index is 387. The molecule has 1 aliphatic heterocycles. The second-order valence-corrected chi connectivity index (χ2v) is 4.38. The van der Waals surface area contributed by atoms with Crippen LogP contribution in [0.1, 0.15) is 22.3 Å². The smallest absolute Gasteiger partial charge is 0.249 e. The van der Waals surface area contributed by atoms with Gasteiger partial charge >= 0.3 is 0 Å². The SMILES string of the molecule is NC(=O)c1ccccc1CNCC1CCOC1. The number of ether oxygens (including phenoxy) is 1. The van der Waals surface area contributed by atoms with Crippen molar-refractivity contribution in [1.29, 1.82) is 0 Å². The van der Waals surface area contributed by atoms with E-state index in [4.69, 9.17) is 10.5 Å². The van der Waals surface area contributed by atoms with E-state index in [9.17, 15) is 4.79 Å². The third-order valence-corrected chi connectivity index (χ3v) is 3.06. The van der Waals surface area contributed by atoms with Gasteiger partial charge in [0.05, 0.1) is 6.61 Å². The third-order valence-electron chi connectivity index (χ3n) is 3.06. The lowest BCUT2D eigenvalue weighted by Crippen LogP contribution is -2.24. The van der Waals surface area contributed by atoms with Crippen LogP contribution < -0.4 is 11.1 Å². The van der Waals surface area contributed by atoms with E-state index >= 15 is 0 Å². The molecule has 0 aromatic heterocycles. The van der Waals surface area contributed by atoms with Crippen LogP contribution in [0.25, 0.3) is 0 Å². The fourth-order valence-corrected chi connectivity index (χ4v) is 2.07. The Hall–Kier alpha value is -1.39. The maximum atomic E-state index is 11.2. The molecule has 17 heavy (non-hydrogen) atoms. The van der Waals surface area contributed by atoms with Crippen molar-refractivity contribution in [3.63, 3.8) is 0 Å². The van der Waals surface area contributed by atoms with Crippen LogP contribution in [0.3, 0.4) is 0 Å². The van der Waals surface area contributed by atoms with Gasteiger partial charge in [0.1, 0.15) is 0 Å². The van der Waals surface area contributed by atoms with E-state index in [1.807, 2.05) is 18.2 Å². The van der Waals surface area contributed by atoms with Crippen LogP contribution in [0, 0.1) is 5.92 Å². The molecule has 4 nitrogen and oxygen atoms in total. The highest BCUT2D eigenvalue weighted by Crippen LogP contribution is 2.12. The van der Waals surface area contributed by atoms with Crippen molar-refractivity contribution >= 4 is 5.91 Å². The molecule has 0 aliphatic carbocycles. The molecule has 1 saturated heterocycles. The minimum absolute atomic E-state index is 0.369. The number of carbonyl (C=O) groups is 1. The number of primary amides is 1. The quantitative estimate of drug-likeness (QED) is 0.796. The van der Waals surface area contributed by atoms with Gasteiger partial charge in [0.2, 0.25) is 5.91 Å². The van der Waals surface area contributed by atoms with E-state index < -0.39 is 0 Å². The Morgan fingerprint density at radius 2 is 2.29 bits per heavy atom. The first-order valence-corrected chi connectivity index (χ1v) is 5.93. The van der Waals surface area contributed by atoms with Gasteiger partial charge in [0, 0.05) is 25.3 Å². The number of hydrogen-bond donors (Lipinski definition) is 2. The van der Waals surface area contributed by atoms with Crippen molar-refractivity contribution in [2.24, 2.45) is 11.7 Å². The zero-order chi connectivity index (χ0) is 12.1. The normalized spacial score (nSPS) is 19.4. The zero-order valence-electron chi connectivity index (χ0n) is 9.82. The molecule has 92 valence electrons. The molecule has 0 bridgehead atoms. The molecule has 2 rings (SSSR count). The van der Waals surface area contributed by atoms with Crippen molar-refractivity contribution in [2.75, 3.05) is 19.8 Å². The topological polar surface area (TPSA) is 64.4 Å². The van der Waals surface area contributed by atoms with E-state index in [-0.39, 0.29) is 5.91 Å². The van der Waals surface area contributed by atoms with Gasteiger partial charge in [-0.25, -0.2) is 0 Å². The monoisotopic (exact) mass is 234 g/mol. The molecule has 1 aromatic carbocycles. The lowest BCUT2D eigenvalue weighted by Gasteiger charge is -2.11. The van der Waals surface area contributed by atoms with Gasteiger partial charge < -0.3 is 15.8 Å². The number of hydrogen-bond acceptors (Lipinski definition) is 3. The van der Waals surface area contributed by atoms with Crippen molar-refractivity contribution in [3.05, 3.63) is 35.4 Å². The average Bonchev–Trinajstić information content (AvgIpc) is 2.82. The van der Waals surface area contributed by atoms with Crippen molar-refractivity contribution in [3.8, 4) is 0 Å². The van der Waals surface area contributed by atoms with Crippen LogP contribution in [-0.4, -0.2) is 25.7 Å². The molecule has 1 fully saturated rings. The van der Waals surface area contributed by atoms with Gasteiger partial charge in [-0.3, -0.25) is 4.79 Å². The van der Waals surface area contributed by atoms with Crippen LogP contribution in [0.5, 0.6) is 0 Å². The summed E-state index contributed by atoms with van der Waals surface area (Å²) in [5.74, 6) is 0.224. The summed E-state index contributed by atoms with van der Waals surface area (Å²) in [6, 6.07) is 7.44. The van der Waals surface area contributed by atoms with Gasteiger partial charge in [-0.05, 0) is 24.0 Å². The Morgan fingerprint density at radius 3 is 3.00 bits per heavy atom. The number of nitrogens with one attached hydrogen (secondary N) is 1. The third kappa shape index (κ3) is 3.28. The Morgan fingerprint density at radius 1 is 1.47 bits per heavy atom. The summed E-state index contributed by atoms with van der Waals surface area (Å²) in [6.07, 6.45) is 1.12. The molecule has 4 heteroatoms. The summed E-state index contributed by atoms with van der Waals surface area (Å²) in [7, 11) is 0. The second kappa shape index (κ2) is 5.80. The minimum Gasteiger partial charge on any atom is -0.381 e. The van der Waals surface area contributed by atoms with E-state index in [1.54, 1.807) is 6.07 Å². The molecule has 1 atom stereocenters. The fourth-order valence-electron chi connectivity index (χ4n) is 2.07. The van der Waals surface area contributed by atoms with Crippen LogP contribution in [0.15, 0.2) is 24.3 Å². The predicted molar refractivity (Wildman–Crippen MR) is 65.6 cm³/mol. The highest BCUT2D eigenvalue weighted by Gasteiger charge is 2.15. The first-order valence-electron chi connectivity index (χ1n) is 5.93. The van der Waals surface area contributed by atoms with E-state index in [2.05, 4.69) is 5.32 Å². The van der Waals surface area contributed by atoms with Gasteiger partial charge in [-0.1, -0.05) is 18.2 Å². The van der Waals surface area contributed by atoms with Crippen molar-refractivity contribution < 1.29 is 9.53 Å². The van der Waals surface area contributed by atoms with Crippen molar-refractivity contribution in [2.45, 2.75) is 13.0 Å². The molecule has 0 saturated carbocycles. The summed E-state index contributed by atoms with van der Waals surface area (Å²) in [5.41, 5.74) is 6.88. The predicted octanol–water partition coefficient (Wildman–Crippen LogP) is 0.912. The summed E-state index contributed by atoms with van der Waals surface area (Å²) >= 11 is 0. The fraction of sp³-hybridized carbons (Fsp3) is 0.462. The van der Waals surface area contributed by atoms with Gasteiger partial charge in [-0.2, -0.15) is 0 Å². The van der Waals surface area contributed by atoms with Gasteiger partial charge in [0.25, 0.3) is 0 Å². The molecule has 1 aliphatic rings. The number of carbonyl (C=O) groups excluding carboxylic acids is 1. The molecule has 0 spiro atoms. The molecule has 1 amide bonds. The Balaban J connectivity index is 1.87. The average molecular weight is 234 g/mol. The molecule has 0 radical (unpaired) electrons. The first kappa shape index (κ1) is 12.1. The molecule has 3 N–H and O–H groups in total. The number of amides is 1. The lowest BCUT2D eigenvalue weighted by molar-refractivity contribution is 0.0999. The molecule has 1 aromatic rings. The largest absolute Gasteiger partial charge is 0.381 e. The Labute approximate surface area is 101 Å². The second-order valence-electron chi connectivity index (χ2n) is 4.38. The molecular weight excluding hydrogens is 216 g/mol. The summed E-state index contributed by atoms with van der Waals surface area (Å²) in [4.78, 5) is 11.2. The van der Waals surface area contributed by atoms with Gasteiger partial charge in [-0.15, -0.1) is 0 Å². The standard InChI is InChI=1S/C13H18N2O2/c14-13(16)12-4-2-1-3-11(12)8-15-7-10-5-6-17-9-10/h1-4,10,15H,5-9H2,(H2,14,16). The maximum Gasteiger partial charge on any atom is 0.249 e. The van der Waals surface area contributed by atoms with Crippen LogP contribution in [0.2, 0.25) is 0 Å². The zero-order valence-corrected chi connectivity index (χ0v) is 9.82.